The van der Waals surface area contributed by atoms with Gasteiger partial charge in [0.2, 0.25) is 0 Å². The summed E-state index contributed by atoms with van der Waals surface area (Å²) in [6, 6.07) is 0. The van der Waals surface area contributed by atoms with E-state index in [1.807, 2.05) is 0 Å². The lowest BCUT2D eigenvalue weighted by Crippen LogP contribution is -2.30. The Balaban J connectivity index is 3.97. The number of hydrogen-bond acceptors (Lipinski definition) is 6. The van der Waals surface area contributed by atoms with Crippen molar-refractivity contribution in [2.75, 3.05) is 13.2 Å². The Hall–Kier alpha value is -3.41. The summed E-state index contributed by atoms with van der Waals surface area (Å²) in [5.41, 5.74) is 0. The molecule has 0 heterocycles. The van der Waals surface area contributed by atoms with Crippen LogP contribution in [0.2, 0.25) is 0 Å². The van der Waals surface area contributed by atoms with Crippen molar-refractivity contribution < 1.29 is 28.6 Å². The molecular weight excluding hydrogens is 1020 g/mol. The summed E-state index contributed by atoms with van der Waals surface area (Å²) in [6.07, 6.45) is 95.4. The van der Waals surface area contributed by atoms with Crippen LogP contribution in [0, 0.1) is 0 Å². The number of allylic oxidation sites excluding steroid dienone is 14. The van der Waals surface area contributed by atoms with E-state index < -0.39 is 6.10 Å². The molecule has 0 spiro atoms. The zero-order valence-corrected chi connectivity index (χ0v) is 55.2. The fourth-order valence-electron chi connectivity index (χ4n) is 10.5. The number of esters is 3. The molecular formula is C77H136O6. The van der Waals surface area contributed by atoms with Crippen molar-refractivity contribution >= 4 is 17.9 Å². The summed E-state index contributed by atoms with van der Waals surface area (Å²) >= 11 is 0. The molecule has 0 amide bonds. The Morgan fingerprint density at radius 2 is 0.470 bits per heavy atom. The molecule has 0 fully saturated rings. The molecule has 0 aromatic carbocycles. The smallest absolute Gasteiger partial charge is 0.306 e. The standard InChI is InChI=1S/C77H136O6/c1-4-7-10-13-15-17-19-21-23-25-27-29-31-33-35-36-37-38-39-40-42-43-45-47-49-51-53-55-57-59-61-64-67-70-76(79)82-73-74(72-81-75(78)69-66-63-12-9-6-3)83-77(80)71-68-65-62-60-58-56-54-52-50-48-46-44-41-34-32-30-28-26-24-22-20-18-16-14-11-8-5-2/h8,11,16,18,22,24,28,30,34,41,46,48,52,54,74H,4-7,9-10,12-15,17,19-21,23,25-27,29,31-33,35-40,42-45,47,49-51,53,55-73H2,1-3H3/b11-8-,18-16-,24-22-,30-28-,41-34-,48-46-,54-52-. The van der Waals surface area contributed by atoms with E-state index in [2.05, 4.69) is 106 Å². The van der Waals surface area contributed by atoms with Crippen LogP contribution in [0.15, 0.2) is 85.1 Å². The average Bonchev–Trinajstić information content (AvgIpc) is 3.49. The number of hydrogen-bond donors (Lipinski definition) is 0. The first-order valence-electron chi connectivity index (χ1n) is 36.1. The SMILES string of the molecule is CC/C=C\C/C=C\C/C=C\C/C=C\C/C=C\C/C=C\C/C=C\CCCCCCCC(=O)OC(COC(=O)CCCCCCC)COC(=O)CCCCCCCCCCCCCCCCCCCCCCCCCCCCCCCCCCC. The lowest BCUT2D eigenvalue weighted by molar-refractivity contribution is -0.167. The van der Waals surface area contributed by atoms with Gasteiger partial charge in [0.15, 0.2) is 6.10 Å². The van der Waals surface area contributed by atoms with E-state index in [1.54, 1.807) is 0 Å². The van der Waals surface area contributed by atoms with Gasteiger partial charge in [0, 0.05) is 19.3 Å². The minimum Gasteiger partial charge on any atom is -0.462 e. The van der Waals surface area contributed by atoms with Crippen LogP contribution in [0.3, 0.4) is 0 Å². The lowest BCUT2D eigenvalue weighted by Gasteiger charge is -2.18. The van der Waals surface area contributed by atoms with E-state index in [0.717, 1.165) is 128 Å². The molecule has 480 valence electrons. The molecule has 6 nitrogen and oxygen atoms in total. The lowest BCUT2D eigenvalue weighted by atomic mass is 10.0. The molecule has 1 unspecified atom stereocenters. The zero-order valence-electron chi connectivity index (χ0n) is 55.2. The fourth-order valence-corrected chi connectivity index (χ4v) is 10.5. The zero-order chi connectivity index (χ0) is 59.9. The van der Waals surface area contributed by atoms with E-state index in [-0.39, 0.29) is 31.1 Å². The molecule has 0 aliphatic heterocycles. The van der Waals surface area contributed by atoms with Crippen LogP contribution in [0.1, 0.15) is 367 Å². The van der Waals surface area contributed by atoms with E-state index in [4.69, 9.17) is 14.2 Å². The maximum Gasteiger partial charge on any atom is 0.306 e. The minimum atomic E-state index is -0.784. The van der Waals surface area contributed by atoms with Gasteiger partial charge in [-0.1, -0.05) is 356 Å². The molecule has 1 atom stereocenters. The van der Waals surface area contributed by atoms with Crippen LogP contribution < -0.4 is 0 Å². The highest BCUT2D eigenvalue weighted by molar-refractivity contribution is 5.71. The van der Waals surface area contributed by atoms with Crippen LogP contribution in [-0.2, 0) is 28.6 Å². The van der Waals surface area contributed by atoms with E-state index in [0.29, 0.717) is 19.3 Å². The first-order chi connectivity index (χ1) is 41.0. The summed E-state index contributed by atoms with van der Waals surface area (Å²) in [6.45, 7) is 6.47. The number of ether oxygens (including phenoxy) is 3. The van der Waals surface area contributed by atoms with Crippen LogP contribution in [0.4, 0.5) is 0 Å². The van der Waals surface area contributed by atoms with Gasteiger partial charge >= 0.3 is 17.9 Å². The van der Waals surface area contributed by atoms with Crippen molar-refractivity contribution in [3.63, 3.8) is 0 Å². The first-order valence-corrected chi connectivity index (χ1v) is 36.1. The molecule has 0 bridgehead atoms. The molecule has 6 heteroatoms. The van der Waals surface area contributed by atoms with E-state index in [1.165, 1.54) is 199 Å². The van der Waals surface area contributed by atoms with Gasteiger partial charge in [0.25, 0.3) is 0 Å². The highest BCUT2D eigenvalue weighted by Crippen LogP contribution is 2.18. The quantitative estimate of drug-likeness (QED) is 0.0261. The second-order valence-corrected chi connectivity index (χ2v) is 24.1. The Morgan fingerprint density at radius 3 is 0.735 bits per heavy atom. The normalized spacial score (nSPS) is 12.6. The molecule has 0 rings (SSSR count). The summed E-state index contributed by atoms with van der Waals surface area (Å²) < 4.78 is 16.8. The Labute approximate surface area is 515 Å². The summed E-state index contributed by atoms with van der Waals surface area (Å²) in [4.78, 5) is 38.0. The van der Waals surface area contributed by atoms with Crippen LogP contribution >= 0.6 is 0 Å². The van der Waals surface area contributed by atoms with Crippen molar-refractivity contribution in [1.29, 1.82) is 0 Å². The fraction of sp³-hybridized carbons (Fsp3) is 0.779. The highest BCUT2D eigenvalue weighted by Gasteiger charge is 2.19. The molecule has 83 heavy (non-hydrogen) atoms. The Morgan fingerprint density at radius 1 is 0.253 bits per heavy atom. The molecule has 0 aliphatic carbocycles. The summed E-state index contributed by atoms with van der Waals surface area (Å²) in [5, 5.41) is 0. The third kappa shape index (κ3) is 69.3. The van der Waals surface area contributed by atoms with Crippen molar-refractivity contribution in [1.82, 2.24) is 0 Å². The monoisotopic (exact) mass is 1160 g/mol. The molecule has 0 saturated heterocycles. The largest absolute Gasteiger partial charge is 0.462 e. The predicted octanol–water partition coefficient (Wildman–Crippen LogP) is 25.0. The van der Waals surface area contributed by atoms with Crippen molar-refractivity contribution in [3.05, 3.63) is 85.1 Å². The number of rotatable bonds is 66. The Kier molecular flexibility index (Phi) is 68.2. The Bertz CT molecular complexity index is 1570. The van der Waals surface area contributed by atoms with Gasteiger partial charge in [-0.2, -0.15) is 0 Å². The van der Waals surface area contributed by atoms with Crippen LogP contribution in [-0.4, -0.2) is 37.2 Å². The molecule has 0 radical (unpaired) electrons. The van der Waals surface area contributed by atoms with Gasteiger partial charge in [-0.3, -0.25) is 14.4 Å². The third-order valence-electron chi connectivity index (χ3n) is 15.9. The van der Waals surface area contributed by atoms with Crippen LogP contribution in [0.25, 0.3) is 0 Å². The maximum atomic E-state index is 12.9. The van der Waals surface area contributed by atoms with Crippen LogP contribution in [0.5, 0.6) is 0 Å². The molecule has 0 aromatic heterocycles. The summed E-state index contributed by atoms with van der Waals surface area (Å²) in [5.74, 6) is -0.901. The molecule has 0 N–H and O–H groups in total. The van der Waals surface area contributed by atoms with E-state index >= 15 is 0 Å². The maximum absolute atomic E-state index is 12.9. The van der Waals surface area contributed by atoms with Gasteiger partial charge in [-0.05, 0) is 77.0 Å². The van der Waals surface area contributed by atoms with Crippen molar-refractivity contribution in [2.24, 2.45) is 0 Å². The van der Waals surface area contributed by atoms with Gasteiger partial charge < -0.3 is 14.2 Å². The minimum absolute atomic E-state index is 0.0817. The van der Waals surface area contributed by atoms with Crippen molar-refractivity contribution in [3.8, 4) is 0 Å². The number of unbranched alkanes of at least 4 members (excludes halogenated alkanes) is 41. The molecule has 0 aliphatic rings. The van der Waals surface area contributed by atoms with Gasteiger partial charge in [-0.15, -0.1) is 0 Å². The van der Waals surface area contributed by atoms with Crippen molar-refractivity contribution in [2.45, 2.75) is 374 Å². The average molecular weight is 1160 g/mol. The molecule has 0 saturated carbocycles. The highest BCUT2D eigenvalue weighted by atomic mass is 16.6. The second-order valence-electron chi connectivity index (χ2n) is 24.1. The number of carbonyl (C=O) groups excluding carboxylic acids is 3. The second kappa shape index (κ2) is 71.1. The predicted molar refractivity (Wildman–Crippen MR) is 362 cm³/mol. The number of carbonyl (C=O) groups is 3. The van der Waals surface area contributed by atoms with Gasteiger partial charge in [-0.25, -0.2) is 0 Å². The third-order valence-corrected chi connectivity index (χ3v) is 15.9. The van der Waals surface area contributed by atoms with Gasteiger partial charge in [0.05, 0.1) is 0 Å². The summed E-state index contributed by atoms with van der Waals surface area (Å²) in [7, 11) is 0. The van der Waals surface area contributed by atoms with E-state index in [9.17, 15) is 14.4 Å². The first kappa shape index (κ1) is 79.6. The molecule has 0 aromatic rings. The van der Waals surface area contributed by atoms with Gasteiger partial charge in [0.1, 0.15) is 13.2 Å². The topological polar surface area (TPSA) is 78.9 Å².